The number of carbonyl (C=O) groups is 2. The van der Waals surface area contributed by atoms with Gasteiger partial charge in [-0.25, -0.2) is 4.79 Å². The second kappa shape index (κ2) is 7.02. The zero-order valence-electron chi connectivity index (χ0n) is 11.0. The summed E-state index contributed by atoms with van der Waals surface area (Å²) in [6.45, 7) is -0.441. The molecule has 2 rings (SSSR count). The lowest BCUT2D eigenvalue weighted by Gasteiger charge is -2.10. The third kappa shape index (κ3) is 4.15. The number of rotatable bonds is 5. The Labute approximate surface area is 126 Å². The van der Waals surface area contributed by atoms with Crippen molar-refractivity contribution in [3.05, 3.63) is 70.7 Å². The molecule has 2 aromatic rings. The summed E-state index contributed by atoms with van der Waals surface area (Å²) in [5.74, 6) is -1.25. The molecule has 1 unspecified atom stereocenters. The quantitative estimate of drug-likeness (QED) is 0.681. The third-order valence-electron chi connectivity index (χ3n) is 2.83. The van der Waals surface area contributed by atoms with Gasteiger partial charge >= 0.3 is 5.97 Å². The molecule has 0 saturated carbocycles. The standard InChI is InChI=1S/C16H13ClO4/c17-13-8-4-7-12(9-13)14(18)10-21-16(20)15(19)11-5-2-1-3-6-11/h1-9,15,19H,10H2. The first kappa shape index (κ1) is 15.2. The van der Waals surface area contributed by atoms with E-state index in [1.807, 2.05) is 0 Å². The van der Waals surface area contributed by atoms with E-state index in [-0.39, 0.29) is 5.78 Å². The van der Waals surface area contributed by atoms with Gasteiger partial charge in [-0.2, -0.15) is 0 Å². The number of esters is 1. The van der Waals surface area contributed by atoms with E-state index in [1.54, 1.807) is 48.5 Å². The Morgan fingerprint density at radius 1 is 1.10 bits per heavy atom. The summed E-state index contributed by atoms with van der Waals surface area (Å²) in [6.07, 6.45) is -1.40. The van der Waals surface area contributed by atoms with Crippen LogP contribution in [0.3, 0.4) is 0 Å². The molecule has 2 aromatic carbocycles. The summed E-state index contributed by atoms with van der Waals surface area (Å²) >= 11 is 5.78. The van der Waals surface area contributed by atoms with Crippen molar-refractivity contribution >= 4 is 23.4 Å². The molecule has 0 heterocycles. The lowest BCUT2D eigenvalue weighted by atomic mass is 10.1. The summed E-state index contributed by atoms with van der Waals surface area (Å²) in [6, 6.07) is 14.7. The minimum Gasteiger partial charge on any atom is -0.455 e. The van der Waals surface area contributed by atoms with Gasteiger partial charge in [-0.05, 0) is 17.7 Å². The van der Waals surface area contributed by atoms with E-state index >= 15 is 0 Å². The summed E-state index contributed by atoms with van der Waals surface area (Å²) in [5.41, 5.74) is 0.766. The van der Waals surface area contributed by atoms with Crippen molar-refractivity contribution < 1.29 is 19.4 Å². The fourth-order valence-electron chi connectivity index (χ4n) is 1.73. The van der Waals surface area contributed by atoms with Gasteiger partial charge in [0.2, 0.25) is 0 Å². The van der Waals surface area contributed by atoms with Crippen LogP contribution in [0.1, 0.15) is 22.0 Å². The third-order valence-corrected chi connectivity index (χ3v) is 3.07. The van der Waals surface area contributed by atoms with Gasteiger partial charge in [0.1, 0.15) is 0 Å². The number of benzene rings is 2. The first-order valence-electron chi connectivity index (χ1n) is 6.26. The molecule has 4 nitrogen and oxygen atoms in total. The van der Waals surface area contributed by atoms with Gasteiger partial charge in [-0.15, -0.1) is 0 Å². The molecule has 1 N–H and O–H groups in total. The Morgan fingerprint density at radius 3 is 2.48 bits per heavy atom. The topological polar surface area (TPSA) is 63.6 Å². The molecule has 0 radical (unpaired) electrons. The van der Waals surface area contributed by atoms with Crippen molar-refractivity contribution in [2.45, 2.75) is 6.10 Å². The van der Waals surface area contributed by atoms with Crippen LogP contribution in [0.5, 0.6) is 0 Å². The molecule has 1 atom stereocenters. The van der Waals surface area contributed by atoms with Gasteiger partial charge in [-0.1, -0.05) is 54.1 Å². The minimum atomic E-state index is -1.40. The lowest BCUT2D eigenvalue weighted by Crippen LogP contribution is -2.20. The number of ether oxygens (including phenoxy) is 1. The van der Waals surface area contributed by atoms with Crippen LogP contribution in [0.25, 0.3) is 0 Å². The van der Waals surface area contributed by atoms with Crippen LogP contribution in [0, 0.1) is 0 Å². The Hall–Kier alpha value is -2.17. The maximum Gasteiger partial charge on any atom is 0.340 e. The average Bonchev–Trinajstić information content (AvgIpc) is 2.52. The summed E-state index contributed by atoms with van der Waals surface area (Å²) in [5, 5.41) is 10.2. The van der Waals surface area contributed by atoms with E-state index in [0.29, 0.717) is 16.1 Å². The van der Waals surface area contributed by atoms with Gasteiger partial charge in [-0.3, -0.25) is 4.79 Å². The molecule has 0 aliphatic rings. The van der Waals surface area contributed by atoms with Crippen LogP contribution in [-0.4, -0.2) is 23.5 Å². The fraction of sp³-hybridized carbons (Fsp3) is 0.125. The number of Topliss-reactive ketones (excluding diaryl/α,β-unsaturated/α-hetero) is 1. The molecule has 21 heavy (non-hydrogen) atoms. The van der Waals surface area contributed by atoms with Gasteiger partial charge in [0.25, 0.3) is 0 Å². The van der Waals surface area contributed by atoms with Crippen LogP contribution in [0.4, 0.5) is 0 Å². The van der Waals surface area contributed by atoms with E-state index in [9.17, 15) is 14.7 Å². The van der Waals surface area contributed by atoms with Gasteiger partial charge < -0.3 is 9.84 Å². The van der Waals surface area contributed by atoms with Crippen molar-refractivity contribution in [2.24, 2.45) is 0 Å². The Kier molecular flexibility index (Phi) is 5.09. The highest BCUT2D eigenvalue weighted by molar-refractivity contribution is 6.31. The van der Waals surface area contributed by atoms with Crippen LogP contribution < -0.4 is 0 Å². The van der Waals surface area contributed by atoms with Crippen LogP contribution >= 0.6 is 11.6 Å². The number of ketones is 1. The van der Waals surface area contributed by atoms with Crippen LogP contribution in [-0.2, 0) is 9.53 Å². The molecule has 0 aromatic heterocycles. The van der Waals surface area contributed by atoms with Crippen molar-refractivity contribution in [2.75, 3.05) is 6.61 Å². The highest BCUT2D eigenvalue weighted by atomic mass is 35.5. The Bertz CT molecular complexity index is 640. The summed E-state index contributed by atoms with van der Waals surface area (Å²) < 4.78 is 4.83. The highest BCUT2D eigenvalue weighted by Gasteiger charge is 2.20. The maximum absolute atomic E-state index is 11.8. The zero-order valence-corrected chi connectivity index (χ0v) is 11.8. The Morgan fingerprint density at radius 2 is 1.81 bits per heavy atom. The average molecular weight is 305 g/mol. The molecule has 0 saturated heterocycles. The maximum atomic E-state index is 11.8. The normalized spacial score (nSPS) is 11.7. The number of aliphatic hydroxyl groups excluding tert-OH is 1. The molecule has 0 aliphatic heterocycles. The molecular weight excluding hydrogens is 292 g/mol. The molecule has 0 bridgehead atoms. The van der Waals surface area contributed by atoms with Crippen molar-refractivity contribution in [1.82, 2.24) is 0 Å². The van der Waals surface area contributed by atoms with E-state index in [4.69, 9.17) is 16.3 Å². The van der Waals surface area contributed by atoms with Gasteiger partial charge in [0.15, 0.2) is 18.5 Å². The predicted molar refractivity (Wildman–Crippen MR) is 78.1 cm³/mol. The molecule has 0 spiro atoms. The zero-order chi connectivity index (χ0) is 15.2. The number of aliphatic hydroxyl groups is 1. The monoisotopic (exact) mass is 304 g/mol. The van der Waals surface area contributed by atoms with Gasteiger partial charge in [0.05, 0.1) is 0 Å². The number of halogens is 1. The summed E-state index contributed by atoms with van der Waals surface area (Å²) in [4.78, 5) is 23.5. The highest BCUT2D eigenvalue weighted by Crippen LogP contribution is 2.15. The first-order valence-corrected chi connectivity index (χ1v) is 6.64. The molecular formula is C16H13ClO4. The largest absolute Gasteiger partial charge is 0.455 e. The fourth-order valence-corrected chi connectivity index (χ4v) is 1.92. The SMILES string of the molecule is O=C(COC(=O)C(O)c1ccccc1)c1cccc(Cl)c1. The van der Waals surface area contributed by atoms with Gasteiger partial charge in [0, 0.05) is 10.6 Å². The van der Waals surface area contributed by atoms with E-state index in [2.05, 4.69) is 0 Å². The van der Waals surface area contributed by atoms with E-state index < -0.39 is 18.7 Å². The molecule has 0 amide bonds. The predicted octanol–water partition coefficient (Wildman–Crippen LogP) is 2.80. The smallest absolute Gasteiger partial charge is 0.340 e. The molecule has 0 aliphatic carbocycles. The summed E-state index contributed by atoms with van der Waals surface area (Å²) in [7, 11) is 0. The lowest BCUT2D eigenvalue weighted by molar-refractivity contribution is -0.152. The molecule has 108 valence electrons. The van der Waals surface area contributed by atoms with E-state index in [0.717, 1.165) is 0 Å². The molecule has 0 fully saturated rings. The number of hydrogen-bond acceptors (Lipinski definition) is 4. The minimum absolute atomic E-state index is 0.351. The van der Waals surface area contributed by atoms with Crippen LogP contribution in [0.2, 0.25) is 5.02 Å². The van der Waals surface area contributed by atoms with Crippen LogP contribution in [0.15, 0.2) is 54.6 Å². The molecule has 5 heteroatoms. The second-order valence-electron chi connectivity index (χ2n) is 4.35. The number of hydrogen-bond donors (Lipinski definition) is 1. The van der Waals surface area contributed by atoms with E-state index in [1.165, 1.54) is 6.07 Å². The van der Waals surface area contributed by atoms with Crippen molar-refractivity contribution in [3.63, 3.8) is 0 Å². The van der Waals surface area contributed by atoms with Crippen molar-refractivity contribution in [1.29, 1.82) is 0 Å². The van der Waals surface area contributed by atoms with Crippen molar-refractivity contribution in [3.8, 4) is 0 Å². The Balaban J connectivity index is 1.93. The second-order valence-corrected chi connectivity index (χ2v) is 4.79. The first-order chi connectivity index (χ1) is 10.1. The number of carbonyl (C=O) groups excluding carboxylic acids is 2.